The molecular weight excluding hydrogens is 289 g/mol. The van der Waals surface area contributed by atoms with Gasteiger partial charge >= 0.3 is 7.12 Å². The van der Waals surface area contributed by atoms with Gasteiger partial charge in [0.1, 0.15) is 0 Å². The molecule has 7 heteroatoms. The summed E-state index contributed by atoms with van der Waals surface area (Å²) in [5.74, 6) is 0. The number of primary sulfonamides is 1. The molecule has 0 bridgehead atoms. The van der Waals surface area contributed by atoms with Crippen molar-refractivity contribution in [3.8, 4) is 0 Å². The summed E-state index contributed by atoms with van der Waals surface area (Å²) in [4.78, 5) is 0.169. The molecule has 0 aromatic heterocycles. The van der Waals surface area contributed by atoms with Crippen molar-refractivity contribution in [3.63, 3.8) is 0 Å². The molecule has 5 nitrogen and oxygen atoms in total. The number of benzene rings is 1. The van der Waals surface area contributed by atoms with Gasteiger partial charge < -0.3 is 9.31 Å². The van der Waals surface area contributed by atoms with Gasteiger partial charge in [0, 0.05) is 0 Å². The Labute approximate surface area is 127 Å². The Morgan fingerprint density at radius 1 is 1.00 bits per heavy atom. The molecule has 1 aliphatic heterocycles. The fourth-order valence-electron chi connectivity index (χ4n) is 2.55. The Kier molecular flexibility index (Phi) is 3.78. The monoisotopic (exact) mass is 311 g/mol. The van der Waals surface area contributed by atoms with Crippen LogP contribution >= 0.6 is 0 Å². The van der Waals surface area contributed by atoms with Gasteiger partial charge in [-0.1, -0.05) is 12.1 Å². The van der Waals surface area contributed by atoms with Crippen molar-refractivity contribution >= 4 is 22.6 Å². The van der Waals surface area contributed by atoms with E-state index in [-0.39, 0.29) is 4.90 Å². The average Bonchev–Trinajstić information content (AvgIpc) is 2.44. The first-order valence-corrected chi connectivity index (χ1v) is 8.39. The van der Waals surface area contributed by atoms with Gasteiger partial charge in [0.2, 0.25) is 10.0 Å². The molecule has 1 heterocycles. The van der Waals surface area contributed by atoms with E-state index in [1.165, 1.54) is 0 Å². The molecule has 2 rings (SSSR count). The SMILES string of the molecule is Cc1cc(B2OC(C)(C)C(C)(C)O2)cc(C)c1S(N)(=O)=O. The molecule has 1 fully saturated rings. The van der Waals surface area contributed by atoms with E-state index in [0.29, 0.717) is 11.1 Å². The summed E-state index contributed by atoms with van der Waals surface area (Å²) >= 11 is 0. The van der Waals surface area contributed by atoms with Crippen LogP contribution in [0.15, 0.2) is 17.0 Å². The van der Waals surface area contributed by atoms with Gasteiger partial charge in [0.15, 0.2) is 0 Å². The number of nitrogens with two attached hydrogens (primary N) is 1. The van der Waals surface area contributed by atoms with Crippen LogP contribution in [-0.4, -0.2) is 26.7 Å². The van der Waals surface area contributed by atoms with Crippen molar-refractivity contribution in [2.45, 2.75) is 57.6 Å². The van der Waals surface area contributed by atoms with Crippen LogP contribution in [0.4, 0.5) is 0 Å². The maximum absolute atomic E-state index is 11.6. The van der Waals surface area contributed by atoms with Crippen LogP contribution in [0.5, 0.6) is 0 Å². The lowest BCUT2D eigenvalue weighted by molar-refractivity contribution is 0.00578. The third-order valence-electron chi connectivity index (χ3n) is 4.29. The Balaban J connectivity index is 2.46. The van der Waals surface area contributed by atoms with E-state index in [0.717, 1.165) is 5.46 Å². The van der Waals surface area contributed by atoms with Gasteiger partial charge in [-0.05, 0) is 58.1 Å². The largest absolute Gasteiger partial charge is 0.494 e. The first kappa shape index (κ1) is 16.5. The first-order chi connectivity index (χ1) is 9.35. The van der Waals surface area contributed by atoms with Crippen molar-refractivity contribution in [2.24, 2.45) is 5.14 Å². The molecular formula is C14H22BNO4S. The smallest absolute Gasteiger partial charge is 0.399 e. The van der Waals surface area contributed by atoms with E-state index >= 15 is 0 Å². The van der Waals surface area contributed by atoms with E-state index in [1.54, 1.807) is 26.0 Å². The minimum Gasteiger partial charge on any atom is -0.399 e. The molecule has 0 radical (unpaired) electrons. The first-order valence-electron chi connectivity index (χ1n) is 6.85. The highest BCUT2D eigenvalue weighted by Crippen LogP contribution is 2.36. The molecule has 1 aliphatic rings. The summed E-state index contributed by atoms with van der Waals surface area (Å²) in [6.07, 6.45) is 0. The van der Waals surface area contributed by atoms with Crippen LogP contribution in [0.2, 0.25) is 0 Å². The van der Waals surface area contributed by atoms with Crippen LogP contribution in [0.25, 0.3) is 0 Å². The Hall–Kier alpha value is -0.885. The van der Waals surface area contributed by atoms with Crippen molar-refractivity contribution in [1.29, 1.82) is 0 Å². The van der Waals surface area contributed by atoms with Crippen LogP contribution in [-0.2, 0) is 19.3 Å². The minimum atomic E-state index is -3.73. The highest BCUT2D eigenvalue weighted by Gasteiger charge is 2.51. The van der Waals surface area contributed by atoms with E-state index in [9.17, 15) is 8.42 Å². The summed E-state index contributed by atoms with van der Waals surface area (Å²) in [7, 11) is -4.24. The molecule has 0 saturated carbocycles. The van der Waals surface area contributed by atoms with E-state index in [1.807, 2.05) is 27.7 Å². The molecule has 21 heavy (non-hydrogen) atoms. The summed E-state index contributed by atoms with van der Waals surface area (Å²) in [5, 5.41) is 5.26. The molecule has 0 spiro atoms. The van der Waals surface area contributed by atoms with Crippen LogP contribution in [0.1, 0.15) is 38.8 Å². The van der Waals surface area contributed by atoms with Crippen LogP contribution < -0.4 is 10.6 Å². The lowest BCUT2D eigenvalue weighted by atomic mass is 9.77. The van der Waals surface area contributed by atoms with Gasteiger partial charge in [0.05, 0.1) is 16.1 Å². The van der Waals surface area contributed by atoms with Crippen molar-refractivity contribution in [2.75, 3.05) is 0 Å². The fourth-order valence-corrected chi connectivity index (χ4v) is 3.56. The molecule has 1 aromatic carbocycles. The molecule has 0 aliphatic carbocycles. The zero-order chi connectivity index (χ0) is 16.2. The second kappa shape index (κ2) is 4.81. The summed E-state index contributed by atoms with van der Waals surface area (Å²) in [6.45, 7) is 11.4. The summed E-state index contributed by atoms with van der Waals surface area (Å²) in [5.41, 5.74) is 1.14. The van der Waals surface area contributed by atoms with Crippen LogP contribution in [0.3, 0.4) is 0 Å². The molecule has 116 valence electrons. The highest BCUT2D eigenvalue weighted by molar-refractivity contribution is 7.89. The third-order valence-corrected chi connectivity index (χ3v) is 5.51. The zero-order valence-corrected chi connectivity index (χ0v) is 14.2. The Bertz CT molecular complexity index is 643. The van der Waals surface area contributed by atoms with Gasteiger partial charge in [-0.15, -0.1) is 0 Å². The second-order valence-electron chi connectivity index (χ2n) is 6.62. The number of hydrogen-bond acceptors (Lipinski definition) is 4. The predicted molar refractivity (Wildman–Crippen MR) is 83.0 cm³/mol. The average molecular weight is 311 g/mol. The maximum Gasteiger partial charge on any atom is 0.494 e. The minimum absolute atomic E-state index is 0.169. The van der Waals surface area contributed by atoms with Crippen molar-refractivity contribution in [1.82, 2.24) is 0 Å². The molecule has 0 atom stereocenters. The number of aryl methyl sites for hydroxylation is 2. The van der Waals surface area contributed by atoms with Crippen molar-refractivity contribution < 1.29 is 17.7 Å². The zero-order valence-electron chi connectivity index (χ0n) is 13.4. The predicted octanol–water partition coefficient (Wildman–Crippen LogP) is 1.25. The summed E-state index contributed by atoms with van der Waals surface area (Å²) < 4.78 is 35.2. The van der Waals surface area contributed by atoms with Gasteiger partial charge in [-0.25, -0.2) is 13.6 Å². The molecule has 0 unspecified atom stereocenters. The highest BCUT2D eigenvalue weighted by atomic mass is 32.2. The second-order valence-corrected chi connectivity index (χ2v) is 8.12. The lowest BCUT2D eigenvalue weighted by Crippen LogP contribution is -2.41. The van der Waals surface area contributed by atoms with Crippen LogP contribution in [0, 0.1) is 13.8 Å². The number of hydrogen-bond donors (Lipinski definition) is 1. The van der Waals surface area contributed by atoms with Crippen molar-refractivity contribution in [3.05, 3.63) is 23.3 Å². The van der Waals surface area contributed by atoms with E-state index < -0.39 is 28.3 Å². The topological polar surface area (TPSA) is 78.6 Å². The maximum atomic E-state index is 11.6. The Morgan fingerprint density at radius 2 is 1.38 bits per heavy atom. The quantitative estimate of drug-likeness (QED) is 0.834. The molecule has 0 amide bonds. The molecule has 1 saturated heterocycles. The standard InChI is InChI=1S/C14H22BNO4S/c1-9-7-11(8-10(2)12(9)21(16,17)18)15-19-13(3,4)14(5,6)20-15/h7-8H,1-6H3,(H2,16,17,18). The lowest BCUT2D eigenvalue weighted by Gasteiger charge is -2.32. The number of sulfonamides is 1. The Morgan fingerprint density at radius 3 is 1.71 bits per heavy atom. The molecule has 1 aromatic rings. The third kappa shape index (κ3) is 2.88. The van der Waals surface area contributed by atoms with Gasteiger partial charge in [-0.3, -0.25) is 0 Å². The van der Waals surface area contributed by atoms with E-state index in [4.69, 9.17) is 14.4 Å². The van der Waals surface area contributed by atoms with Gasteiger partial charge in [-0.2, -0.15) is 0 Å². The summed E-state index contributed by atoms with van der Waals surface area (Å²) in [6, 6.07) is 3.52. The number of rotatable bonds is 2. The molecule has 2 N–H and O–H groups in total. The fraction of sp³-hybridized carbons (Fsp3) is 0.571. The normalized spacial score (nSPS) is 20.8. The van der Waals surface area contributed by atoms with E-state index in [2.05, 4.69) is 0 Å². The van der Waals surface area contributed by atoms with Gasteiger partial charge in [0.25, 0.3) is 0 Å².